The van der Waals surface area contributed by atoms with Crippen molar-refractivity contribution in [3.63, 3.8) is 0 Å². The van der Waals surface area contributed by atoms with E-state index in [1.165, 1.54) is 16.9 Å². The van der Waals surface area contributed by atoms with Crippen molar-refractivity contribution in [1.29, 1.82) is 0 Å². The summed E-state index contributed by atoms with van der Waals surface area (Å²) in [5.41, 5.74) is 1.40. The van der Waals surface area contributed by atoms with Gasteiger partial charge < -0.3 is 5.32 Å². The van der Waals surface area contributed by atoms with Gasteiger partial charge in [0.05, 0.1) is 0 Å². The summed E-state index contributed by atoms with van der Waals surface area (Å²) < 4.78 is 0. The van der Waals surface area contributed by atoms with Crippen molar-refractivity contribution in [3.8, 4) is 0 Å². The molecule has 2 nitrogen and oxygen atoms in total. The van der Waals surface area contributed by atoms with Crippen LogP contribution < -0.4 is 5.32 Å². The monoisotopic (exact) mass is 325 g/mol. The maximum Gasteiger partial charge on any atom is 0.217 e. The van der Waals surface area contributed by atoms with Crippen LogP contribution in [0.5, 0.6) is 0 Å². The Morgan fingerprint density at radius 3 is 2.39 bits per heavy atom. The molecule has 0 spiro atoms. The normalized spacial score (nSPS) is 23.1. The summed E-state index contributed by atoms with van der Waals surface area (Å²) in [5, 5.41) is 3.59. The van der Waals surface area contributed by atoms with Gasteiger partial charge in [0.1, 0.15) is 0 Å². The molecule has 0 aromatic heterocycles. The maximum atomic E-state index is 11.4. The minimum absolute atomic E-state index is 0.0789. The van der Waals surface area contributed by atoms with E-state index in [0.717, 1.165) is 12.8 Å². The molecule has 1 aliphatic rings. The second-order valence-corrected chi connectivity index (χ2v) is 7.47. The van der Waals surface area contributed by atoms with Crippen LogP contribution in [0.4, 0.5) is 0 Å². The summed E-state index contributed by atoms with van der Waals surface area (Å²) in [6, 6.07) is 21.5. The molecule has 1 aliphatic carbocycles. The van der Waals surface area contributed by atoms with Crippen LogP contribution in [0.15, 0.2) is 65.6 Å². The zero-order valence-electron chi connectivity index (χ0n) is 13.4. The summed E-state index contributed by atoms with van der Waals surface area (Å²) in [5.74, 6) is 0.743. The first-order chi connectivity index (χ1) is 11.2. The maximum absolute atomic E-state index is 11.4. The van der Waals surface area contributed by atoms with Crippen molar-refractivity contribution < 1.29 is 4.79 Å². The molecule has 23 heavy (non-hydrogen) atoms. The average molecular weight is 325 g/mol. The van der Waals surface area contributed by atoms with Crippen LogP contribution in [0.25, 0.3) is 0 Å². The highest BCUT2D eigenvalue weighted by Crippen LogP contribution is 2.43. The van der Waals surface area contributed by atoms with Crippen LogP contribution in [-0.4, -0.2) is 17.2 Å². The van der Waals surface area contributed by atoms with Gasteiger partial charge >= 0.3 is 0 Å². The van der Waals surface area contributed by atoms with E-state index in [0.29, 0.717) is 17.2 Å². The van der Waals surface area contributed by atoms with Gasteiger partial charge in [0.15, 0.2) is 0 Å². The summed E-state index contributed by atoms with van der Waals surface area (Å²) >= 11 is 1.91. The topological polar surface area (TPSA) is 29.1 Å². The molecule has 3 heteroatoms. The molecule has 1 N–H and O–H groups in total. The van der Waals surface area contributed by atoms with E-state index in [9.17, 15) is 4.79 Å². The smallest absolute Gasteiger partial charge is 0.217 e. The van der Waals surface area contributed by atoms with Crippen LogP contribution in [0.1, 0.15) is 25.3 Å². The van der Waals surface area contributed by atoms with Gasteiger partial charge in [-0.05, 0) is 42.9 Å². The fourth-order valence-corrected chi connectivity index (χ4v) is 4.65. The number of rotatable bonds is 6. The predicted octanol–water partition coefficient (Wildman–Crippen LogP) is 4.30. The molecule has 2 aromatic rings. The molecule has 1 fully saturated rings. The molecule has 1 saturated carbocycles. The highest BCUT2D eigenvalue weighted by atomic mass is 32.2. The molecule has 1 amide bonds. The zero-order valence-corrected chi connectivity index (χ0v) is 14.3. The lowest BCUT2D eigenvalue weighted by Crippen LogP contribution is -2.54. The van der Waals surface area contributed by atoms with Crippen molar-refractivity contribution in [3.05, 3.63) is 66.2 Å². The third-order valence-corrected chi connectivity index (χ3v) is 6.00. The fourth-order valence-electron chi connectivity index (χ4n) is 3.24. The molecular weight excluding hydrogens is 302 g/mol. The number of carbonyl (C=O) groups is 1. The third kappa shape index (κ3) is 4.38. The lowest BCUT2D eigenvalue weighted by atomic mass is 9.76. The van der Waals surface area contributed by atoms with Crippen LogP contribution >= 0.6 is 11.8 Å². The van der Waals surface area contributed by atoms with Gasteiger partial charge in [0, 0.05) is 23.1 Å². The molecule has 0 unspecified atom stereocenters. The molecule has 0 bridgehead atoms. The van der Waals surface area contributed by atoms with Gasteiger partial charge in [0.2, 0.25) is 5.91 Å². The molecule has 0 heterocycles. The number of carbonyl (C=O) groups excluding carboxylic acids is 1. The largest absolute Gasteiger partial charge is 0.352 e. The number of aryl methyl sites for hydroxylation is 1. The highest BCUT2D eigenvalue weighted by molar-refractivity contribution is 8.00. The van der Waals surface area contributed by atoms with Gasteiger partial charge in [0.25, 0.3) is 0 Å². The quantitative estimate of drug-likeness (QED) is 0.858. The number of benzene rings is 2. The van der Waals surface area contributed by atoms with E-state index in [4.69, 9.17) is 0 Å². The fraction of sp³-hybridized carbons (Fsp3) is 0.350. The molecule has 120 valence electrons. The molecular formula is C20H23NOS. The van der Waals surface area contributed by atoms with Gasteiger partial charge in [-0.3, -0.25) is 4.79 Å². The first-order valence-electron chi connectivity index (χ1n) is 8.25. The molecule has 3 rings (SSSR count). The minimum Gasteiger partial charge on any atom is -0.352 e. The molecule has 2 aromatic carbocycles. The van der Waals surface area contributed by atoms with Gasteiger partial charge in [-0.1, -0.05) is 48.5 Å². The van der Waals surface area contributed by atoms with Gasteiger partial charge in [-0.25, -0.2) is 0 Å². The zero-order chi connectivity index (χ0) is 16.1. The Balaban J connectivity index is 1.61. The van der Waals surface area contributed by atoms with Crippen molar-refractivity contribution in [2.24, 2.45) is 5.92 Å². The Labute approximate surface area is 142 Å². The Bertz CT molecular complexity index is 629. The standard InChI is InChI=1S/C20H23NOS/c1-15(22)21-19-14-17(13-12-16-8-4-2-5-9-16)20(19)23-18-10-6-3-7-11-18/h2-11,17,19-20H,12-14H2,1H3,(H,21,22)/t17-,19+,20+/m0/s1. The van der Waals surface area contributed by atoms with E-state index in [2.05, 4.69) is 59.9 Å². The van der Waals surface area contributed by atoms with Crippen molar-refractivity contribution in [2.45, 2.75) is 42.4 Å². The minimum atomic E-state index is 0.0789. The molecule has 0 saturated heterocycles. The van der Waals surface area contributed by atoms with E-state index in [-0.39, 0.29) is 5.91 Å². The predicted molar refractivity (Wildman–Crippen MR) is 96.6 cm³/mol. The lowest BCUT2D eigenvalue weighted by Gasteiger charge is -2.44. The number of amides is 1. The Morgan fingerprint density at radius 2 is 1.74 bits per heavy atom. The van der Waals surface area contributed by atoms with E-state index < -0.39 is 0 Å². The Kier molecular flexibility index (Phi) is 5.39. The van der Waals surface area contributed by atoms with Crippen molar-refractivity contribution in [2.75, 3.05) is 0 Å². The Morgan fingerprint density at radius 1 is 1.09 bits per heavy atom. The number of nitrogens with one attached hydrogen (secondary N) is 1. The summed E-state index contributed by atoms with van der Waals surface area (Å²) in [6.45, 7) is 1.61. The SMILES string of the molecule is CC(=O)N[C@@H]1C[C@H](CCc2ccccc2)[C@H]1Sc1ccccc1. The number of thioether (sulfide) groups is 1. The highest BCUT2D eigenvalue weighted by Gasteiger charge is 2.41. The first kappa shape index (κ1) is 16.1. The second-order valence-electron chi connectivity index (χ2n) is 6.22. The molecule has 0 radical (unpaired) electrons. The first-order valence-corrected chi connectivity index (χ1v) is 9.13. The van der Waals surface area contributed by atoms with Crippen molar-refractivity contribution in [1.82, 2.24) is 5.32 Å². The number of hydrogen-bond acceptors (Lipinski definition) is 2. The summed E-state index contributed by atoms with van der Waals surface area (Å²) in [7, 11) is 0. The molecule has 3 atom stereocenters. The lowest BCUT2D eigenvalue weighted by molar-refractivity contribution is -0.120. The van der Waals surface area contributed by atoms with Crippen LogP contribution in [0, 0.1) is 5.92 Å². The van der Waals surface area contributed by atoms with E-state index in [1.807, 2.05) is 17.8 Å². The van der Waals surface area contributed by atoms with Crippen LogP contribution in [0.3, 0.4) is 0 Å². The van der Waals surface area contributed by atoms with Gasteiger partial charge in [-0.2, -0.15) is 0 Å². The summed E-state index contributed by atoms with van der Waals surface area (Å²) in [4.78, 5) is 12.7. The van der Waals surface area contributed by atoms with E-state index in [1.54, 1.807) is 6.92 Å². The van der Waals surface area contributed by atoms with Crippen LogP contribution in [-0.2, 0) is 11.2 Å². The third-order valence-electron chi connectivity index (χ3n) is 4.47. The van der Waals surface area contributed by atoms with Crippen molar-refractivity contribution >= 4 is 17.7 Å². The molecule has 0 aliphatic heterocycles. The number of hydrogen-bond donors (Lipinski definition) is 1. The van der Waals surface area contributed by atoms with E-state index >= 15 is 0 Å². The Hall–Kier alpha value is -1.74. The van der Waals surface area contributed by atoms with Crippen LogP contribution in [0.2, 0.25) is 0 Å². The summed E-state index contributed by atoms with van der Waals surface area (Å²) in [6.07, 6.45) is 3.39. The second kappa shape index (κ2) is 7.69. The average Bonchev–Trinajstić information content (AvgIpc) is 2.57. The van der Waals surface area contributed by atoms with Gasteiger partial charge in [-0.15, -0.1) is 11.8 Å².